The van der Waals surface area contributed by atoms with Gasteiger partial charge in [-0.1, -0.05) is 0 Å². The number of nitrogens with two attached hydrogens (primary N) is 1. The quantitative estimate of drug-likeness (QED) is 0.795. The van der Waals surface area contributed by atoms with Gasteiger partial charge in [-0.25, -0.2) is 9.97 Å². The Morgan fingerprint density at radius 2 is 2.29 bits per heavy atom. The van der Waals surface area contributed by atoms with Crippen molar-refractivity contribution in [2.45, 2.75) is 5.03 Å². The first-order valence-electron chi connectivity index (χ1n) is 4.01. The van der Waals surface area contributed by atoms with Gasteiger partial charge in [0.25, 0.3) is 0 Å². The summed E-state index contributed by atoms with van der Waals surface area (Å²) in [5.74, 6) is 0.568. The lowest BCUT2D eigenvalue weighted by Crippen LogP contribution is -1.84. The molecule has 0 aliphatic carbocycles. The van der Waals surface area contributed by atoms with Crippen molar-refractivity contribution in [3.63, 3.8) is 0 Å². The van der Waals surface area contributed by atoms with E-state index in [1.54, 1.807) is 11.8 Å². The largest absolute Gasteiger partial charge is 0.383 e. The van der Waals surface area contributed by atoms with Crippen LogP contribution in [0.5, 0.6) is 0 Å². The smallest absolute Gasteiger partial charge is 0.135 e. The van der Waals surface area contributed by atoms with Crippen molar-refractivity contribution in [2.24, 2.45) is 0 Å². The number of nitrogen functional groups attached to an aromatic ring is 1. The van der Waals surface area contributed by atoms with Crippen LogP contribution in [0.4, 0.5) is 5.82 Å². The van der Waals surface area contributed by atoms with E-state index in [1.165, 1.54) is 11.3 Å². The Morgan fingerprint density at radius 1 is 1.43 bits per heavy atom. The molecule has 0 unspecified atom stereocenters. The molecule has 0 bridgehead atoms. The van der Waals surface area contributed by atoms with Crippen LogP contribution in [0.2, 0.25) is 0 Å². The molecular formula is C9H9N3S2. The number of nitrogens with zero attached hydrogens (tertiary/aromatic N) is 2. The van der Waals surface area contributed by atoms with Crippen LogP contribution in [0, 0.1) is 0 Å². The number of aromatic nitrogens is 2. The Hall–Kier alpha value is -1.07. The number of hydrogen-bond donors (Lipinski definition) is 1. The third kappa shape index (κ3) is 1.88. The van der Waals surface area contributed by atoms with Crippen LogP contribution in [-0.2, 0) is 0 Å². The standard InChI is InChI=1S/C9H9N3S2/c1-13-8-3-2-6(4-11-8)9-12-7(10)5-14-9/h2-5H,10H2,1H3. The van der Waals surface area contributed by atoms with Crippen LogP contribution in [0.15, 0.2) is 28.7 Å². The van der Waals surface area contributed by atoms with Gasteiger partial charge in [0.2, 0.25) is 0 Å². The highest BCUT2D eigenvalue weighted by molar-refractivity contribution is 7.98. The third-order valence-corrected chi connectivity index (χ3v) is 3.28. The van der Waals surface area contributed by atoms with E-state index in [2.05, 4.69) is 9.97 Å². The monoisotopic (exact) mass is 223 g/mol. The second-order valence-electron chi connectivity index (χ2n) is 2.67. The van der Waals surface area contributed by atoms with E-state index >= 15 is 0 Å². The molecule has 0 amide bonds. The minimum atomic E-state index is 0.568. The molecular weight excluding hydrogens is 214 g/mol. The second-order valence-corrected chi connectivity index (χ2v) is 4.35. The fourth-order valence-electron chi connectivity index (χ4n) is 1.05. The van der Waals surface area contributed by atoms with Crippen molar-refractivity contribution in [1.82, 2.24) is 9.97 Å². The molecule has 2 rings (SSSR count). The van der Waals surface area contributed by atoms with Crippen LogP contribution >= 0.6 is 23.1 Å². The molecule has 0 aliphatic heterocycles. The molecule has 0 saturated carbocycles. The second kappa shape index (κ2) is 3.98. The molecule has 14 heavy (non-hydrogen) atoms. The maximum absolute atomic E-state index is 5.55. The zero-order chi connectivity index (χ0) is 9.97. The van der Waals surface area contributed by atoms with Gasteiger partial charge in [0, 0.05) is 17.1 Å². The zero-order valence-electron chi connectivity index (χ0n) is 7.60. The van der Waals surface area contributed by atoms with Crippen molar-refractivity contribution in [2.75, 3.05) is 12.0 Å². The van der Waals surface area contributed by atoms with Crippen molar-refractivity contribution in [1.29, 1.82) is 0 Å². The number of pyridine rings is 1. The van der Waals surface area contributed by atoms with Gasteiger partial charge in [-0.05, 0) is 18.4 Å². The number of thiazole rings is 1. The molecule has 5 heteroatoms. The number of hydrogen-bond acceptors (Lipinski definition) is 5. The lowest BCUT2D eigenvalue weighted by atomic mass is 10.3. The maximum atomic E-state index is 5.55. The lowest BCUT2D eigenvalue weighted by Gasteiger charge is -1.97. The Labute approximate surface area is 90.4 Å². The summed E-state index contributed by atoms with van der Waals surface area (Å²) in [6.07, 6.45) is 3.83. The predicted molar refractivity (Wildman–Crippen MR) is 61.5 cm³/mol. The number of rotatable bonds is 2. The first-order chi connectivity index (χ1) is 6.79. The molecule has 2 heterocycles. The molecule has 72 valence electrons. The molecule has 2 aromatic rings. The van der Waals surface area contributed by atoms with Gasteiger partial charge in [-0.3, -0.25) is 0 Å². The Bertz CT molecular complexity index is 422. The molecule has 0 atom stereocenters. The predicted octanol–water partition coefficient (Wildman–Crippen LogP) is 2.51. The molecule has 0 saturated heterocycles. The van der Waals surface area contributed by atoms with Crippen LogP contribution in [0.3, 0.4) is 0 Å². The number of thioether (sulfide) groups is 1. The average Bonchev–Trinajstić information content (AvgIpc) is 2.65. The summed E-state index contributed by atoms with van der Waals surface area (Å²) >= 11 is 3.16. The molecule has 0 spiro atoms. The lowest BCUT2D eigenvalue weighted by molar-refractivity contribution is 1.14. The molecule has 0 fully saturated rings. The van der Waals surface area contributed by atoms with Crippen molar-refractivity contribution >= 4 is 28.9 Å². The summed E-state index contributed by atoms with van der Waals surface area (Å²) in [4.78, 5) is 8.46. The molecule has 2 N–H and O–H groups in total. The fourth-order valence-corrected chi connectivity index (χ4v) is 2.11. The van der Waals surface area contributed by atoms with Crippen molar-refractivity contribution in [3.8, 4) is 10.6 Å². The van der Waals surface area contributed by atoms with E-state index in [-0.39, 0.29) is 0 Å². The molecule has 0 aromatic carbocycles. The Balaban J connectivity index is 2.33. The topological polar surface area (TPSA) is 51.8 Å². The minimum Gasteiger partial charge on any atom is -0.383 e. The van der Waals surface area contributed by atoms with Gasteiger partial charge < -0.3 is 5.73 Å². The fraction of sp³-hybridized carbons (Fsp3) is 0.111. The van der Waals surface area contributed by atoms with Crippen LogP contribution < -0.4 is 5.73 Å². The van der Waals surface area contributed by atoms with E-state index in [0.29, 0.717) is 5.82 Å². The van der Waals surface area contributed by atoms with Crippen molar-refractivity contribution in [3.05, 3.63) is 23.7 Å². The zero-order valence-corrected chi connectivity index (χ0v) is 9.23. The van der Waals surface area contributed by atoms with E-state index in [1.807, 2.05) is 30.0 Å². The molecule has 0 aliphatic rings. The Kier molecular flexibility index (Phi) is 2.69. The SMILES string of the molecule is CSc1ccc(-c2nc(N)cs2)cn1. The van der Waals surface area contributed by atoms with E-state index in [9.17, 15) is 0 Å². The average molecular weight is 223 g/mol. The van der Waals surface area contributed by atoms with Crippen LogP contribution in [0.25, 0.3) is 10.6 Å². The number of anilines is 1. The highest BCUT2D eigenvalue weighted by atomic mass is 32.2. The van der Waals surface area contributed by atoms with Gasteiger partial charge in [-0.2, -0.15) is 0 Å². The maximum Gasteiger partial charge on any atom is 0.135 e. The summed E-state index contributed by atoms with van der Waals surface area (Å²) in [6, 6.07) is 3.99. The molecule has 3 nitrogen and oxygen atoms in total. The van der Waals surface area contributed by atoms with E-state index in [4.69, 9.17) is 5.73 Å². The first-order valence-corrected chi connectivity index (χ1v) is 6.11. The normalized spacial score (nSPS) is 10.4. The Morgan fingerprint density at radius 3 is 2.79 bits per heavy atom. The minimum absolute atomic E-state index is 0.568. The van der Waals surface area contributed by atoms with Gasteiger partial charge in [0.1, 0.15) is 10.8 Å². The summed E-state index contributed by atoms with van der Waals surface area (Å²) in [6.45, 7) is 0. The molecule has 2 aromatic heterocycles. The van der Waals surface area contributed by atoms with Crippen LogP contribution in [-0.4, -0.2) is 16.2 Å². The van der Waals surface area contributed by atoms with Gasteiger partial charge >= 0.3 is 0 Å². The van der Waals surface area contributed by atoms with Crippen molar-refractivity contribution < 1.29 is 0 Å². The van der Waals surface area contributed by atoms with Crippen LogP contribution in [0.1, 0.15) is 0 Å². The van der Waals surface area contributed by atoms with E-state index in [0.717, 1.165) is 15.6 Å². The summed E-state index contributed by atoms with van der Waals surface area (Å²) in [7, 11) is 0. The highest BCUT2D eigenvalue weighted by Crippen LogP contribution is 2.24. The van der Waals surface area contributed by atoms with E-state index < -0.39 is 0 Å². The third-order valence-electron chi connectivity index (χ3n) is 1.71. The summed E-state index contributed by atoms with van der Waals surface area (Å²) < 4.78 is 0. The summed E-state index contributed by atoms with van der Waals surface area (Å²) in [5, 5.41) is 3.76. The summed E-state index contributed by atoms with van der Waals surface area (Å²) in [5.41, 5.74) is 6.56. The van der Waals surface area contributed by atoms with Gasteiger partial charge in [0.15, 0.2) is 0 Å². The molecule has 0 radical (unpaired) electrons. The highest BCUT2D eigenvalue weighted by Gasteiger charge is 2.02. The van der Waals surface area contributed by atoms with Gasteiger partial charge in [-0.15, -0.1) is 23.1 Å². The van der Waals surface area contributed by atoms with Gasteiger partial charge in [0.05, 0.1) is 5.03 Å². The first kappa shape index (κ1) is 9.48.